The number of carbonyl (C=O) groups is 1. The van der Waals surface area contributed by atoms with E-state index in [0.29, 0.717) is 5.69 Å². The van der Waals surface area contributed by atoms with Gasteiger partial charge in [-0.2, -0.15) is 0 Å². The predicted molar refractivity (Wildman–Crippen MR) is 70.7 cm³/mol. The Kier molecular flexibility index (Phi) is 5.10. The zero-order valence-corrected chi connectivity index (χ0v) is 11.1. The SMILES string of the molecule is CC(=O)c1ccc(N(C)CCCN(C)C)cn1. The van der Waals surface area contributed by atoms with E-state index in [1.165, 1.54) is 6.92 Å². The second-order valence-electron chi connectivity index (χ2n) is 4.54. The molecule has 0 aromatic carbocycles. The number of hydrogen-bond acceptors (Lipinski definition) is 4. The molecule has 4 nitrogen and oxygen atoms in total. The number of hydrogen-bond donors (Lipinski definition) is 0. The maximum absolute atomic E-state index is 11.1. The molecule has 1 rings (SSSR count). The van der Waals surface area contributed by atoms with Crippen LogP contribution in [0.1, 0.15) is 23.8 Å². The number of ketones is 1. The van der Waals surface area contributed by atoms with Crippen molar-refractivity contribution in [3.05, 3.63) is 24.0 Å². The van der Waals surface area contributed by atoms with Crippen LogP contribution in [0.4, 0.5) is 5.69 Å². The molecule has 0 amide bonds. The van der Waals surface area contributed by atoms with E-state index in [-0.39, 0.29) is 5.78 Å². The summed E-state index contributed by atoms with van der Waals surface area (Å²) in [6.45, 7) is 3.59. The molecule has 94 valence electrons. The van der Waals surface area contributed by atoms with Crippen LogP contribution < -0.4 is 4.90 Å². The molecular weight excluding hydrogens is 214 g/mol. The van der Waals surface area contributed by atoms with Gasteiger partial charge in [0.15, 0.2) is 5.78 Å². The molecule has 0 unspecified atom stereocenters. The number of nitrogens with zero attached hydrogens (tertiary/aromatic N) is 3. The molecule has 0 atom stereocenters. The molecule has 0 aliphatic heterocycles. The number of pyridine rings is 1. The van der Waals surface area contributed by atoms with E-state index in [1.54, 1.807) is 12.3 Å². The zero-order valence-electron chi connectivity index (χ0n) is 11.1. The molecule has 0 aliphatic rings. The first-order chi connectivity index (χ1) is 8.00. The lowest BCUT2D eigenvalue weighted by Gasteiger charge is -2.20. The van der Waals surface area contributed by atoms with Crippen molar-refractivity contribution in [3.63, 3.8) is 0 Å². The number of rotatable bonds is 6. The highest BCUT2D eigenvalue weighted by Crippen LogP contribution is 2.11. The van der Waals surface area contributed by atoms with Crippen molar-refractivity contribution in [1.29, 1.82) is 0 Å². The highest BCUT2D eigenvalue weighted by molar-refractivity contribution is 5.92. The van der Waals surface area contributed by atoms with Gasteiger partial charge in [-0.25, -0.2) is 0 Å². The summed E-state index contributed by atoms with van der Waals surface area (Å²) in [4.78, 5) is 19.6. The number of carbonyl (C=O) groups excluding carboxylic acids is 1. The Hall–Kier alpha value is -1.42. The van der Waals surface area contributed by atoms with Crippen molar-refractivity contribution in [1.82, 2.24) is 9.88 Å². The first kappa shape index (κ1) is 13.6. The lowest BCUT2D eigenvalue weighted by molar-refractivity contribution is 0.101. The summed E-state index contributed by atoms with van der Waals surface area (Å²) in [6.07, 6.45) is 2.87. The molecule has 0 saturated heterocycles. The fourth-order valence-corrected chi connectivity index (χ4v) is 1.57. The lowest BCUT2D eigenvalue weighted by atomic mass is 10.2. The second kappa shape index (κ2) is 6.35. The normalized spacial score (nSPS) is 10.6. The molecule has 0 N–H and O–H groups in total. The predicted octanol–water partition coefficient (Wildman–Crippen LogP) is 1.67. The van der Waals surface area contributed by atoms with Crippen LogP contribution in [0.3, 0.4) is 0 Å². The van der Waals surface area contributed by atoms with Crippen molar-refractivity contribution in [2.75, 3.05) is 39.1 Å². The monoisotopic (exact) mass is 235 g/mol. The van der Waals surface area contributed by atoms with Crippen molar-refractivity contribution < 1.29 is 4.79 Å². The van der Waals surface area contributed by atoms with E-state index in [0.717, 1.165) is 25.2 Å². The Morgan fingerprint density at radius 1 is 1.24 bits per heavy atom. The molecule has 1 aromatic heterocycles. The second-order valence-corrected chi connectivity index (χ2v) is 4.54. The minimum Gasteiger partial charge on any atom is -0.373 e. The Balaban J connectivity index is 2.51. The van der Waals surface area contributed by atoms with Gasteiger partial charge in [0.25, 0.3) is 0 Å². The van der Waals surface area contributed by atoms with Gasteiger partial charge in [0, 0.05) is 20.5 Å². The minimum absolute atomic E-state index is 0.00631. The van der Waals surface area contributed by atoms with Gasteiger partial charge in [-0.1, -0.05) is 0 Å². The lowest BCUT2D eigenvalue weighted by Crippen LogP contribution is -2.23. The minimum atomic E-state index is 0.00631. The van der Waals surface area contributed by atoms with Gasteiger partial charge in [-0.3, -0.25) is 9.78 Å². The van der Waals surface area contributed by atoms with Gasteiger partial charge < -0.3 is 9.80 Å². The average molecular weight is 235 g/mol. The Bertz CT molecular complexity index is 359. The van der Waals surface area contributed by atoms with Crippen LogP contribution in [-0.4, -0.2) is 49.9 Å². The number of Topliss-reactive ketones (excluding diaryl/α,β-unsaturated/α-hetero) is 1. The van der Waals surface area contributed by atoms with Gasteiger partial charge in [-0.15, -0.1) is 0 Å². The van der Waals surface area contributed by atoms with Crippen LogP contribution in [-0.2, 0) is 0 Å². The molecule has 1 aromatic rings. The summed E-state index contributed by atoms with van der Waals surface area (Å²) in [6, 6.07) is 3.72. The number of aromatic nitrogens is 1. The van der Waals surface area contributed by atoms with Gasteiger partial charge in [-0.05, 0) is 39.2 Å². The van der Waals surface area contributed by atoms with Crippen LogP contribution in [0.5, 0.6) is 0 Å². The smallest absolute Gasteiger partial charge is 0.178 e. The van der Waals surface area contributed by atoms with Crippen molar-refractivity contribution in [3.8, 4) is 0 Å². The van der Waals surface area contributed by atoms with E-state index in [4.69, 9.17) is 0 Å². The Morgan fingerprint density at radius 2 is 1.94 bits per heavy atom. The van der Waals surface area contributed by atoms with Crippen LogP contribution in [0.15, 0.2) is 18.3 Å². The highest BCUT2D eigenvalue weighted by atomic mass is 16.1. The largest absolute Gasteiger partial charge is 0.373 e. The molecular formula is C13H21N3O. The third kappa shape index (κ3) is 4.53. The summed E-state index contributed by atoms with van der Waals surface area (Å²) in [7, 11) is 6.19. The summed E-state index contributed by atoms with van der Waals surface area (Å²) >= 11 is 0. The van der Waals surface area contributed by atoms with Gasteiger partial charge in [0.2, 0.25) is 0 Å². The van der Waals surface area contributed by atoms with E-state index >= 15 is 0 Å². The molecule has 17 heavy (non-hydrogen) atoms. The van der Waals surface area contributed by atoms with Crippen molar-refractivity contribution in [2.45, 2.75) is 13.3 Å². The van der Waals surface area contributed by atoms with Gasteiger partial charge >= 0.3 is 0 Å². The van der Waals surface area contributed by atoms with Crippen LogP contribution in [0.2, 0.25) is 0 Å². The quantitative estimate of drug-likeness (QED) is 0.703. The van der Waals surface area contributed by atoms with Crippen molar-refractivity contribution in [2.24, 2.45) is 0 Å². The standard InChI is InChI=1S/C13H21N3O/c1-11(17)13-7-6-12(10-14-13)16(4)9-5-8-15(2)3/h6-7,10H,5,8-9H2,1-4H3. The maximum atomic E-state index is 11.1. The van der Waals surface area contributed by atoms with E-state index in [2.05, 4.69) is 28.9 Å². The van der Waals surface area contributed by atoms with E-state index < -0.39 is 0 Å². The summed E-state index contributed by atoms with van der Waals surface area (Å²) in [5, 5.41) is 0. The first-order valence-electron chi connectivity index (χ1n) is 5.83. The molecule has 4 heteroatoms. The fraction of sp³-hybridized carbons (Fsp3) is 0.538. The molecule has 0 fully saturated rings. The first-order valence-corrected chi connectivity index (χ1v) is 5.83. The molecule has 0 saturated carbocycles. The van der Waals surface area contributed by atoms with Gasteiger partial charge in [0.05, 0.1) is 11.9 Å². The topological polar surface area (TPSA) is 36.4 Å². The van der Waals surface area contributed by atoms with Crippen LogP contribution >= 0.6 is 0 Å². The molecule has 0 radical (unpaired) electrons. The Labute approximate surface area is 103 Å². The van der Waals surface area contributed by atoms with E-state index in [9.17, 15) is 4.79 Å². The average Bonchev–Trinajstić information content (AvgIpc) is 2.28. The molecule has 0 aliphatic carbocycles. The fourth-order valence-electron chi connectivity index (χ4n) is 1.57. The van der Waals surface area contributed by atoms with E-state index in [1.807, 2.05) is 13.1 Å². The molecule has 1 heterocycles. The maximum Gasteiger partial charge on any atom is 0.178 e. The molecule has 0 bridgehead atoms. The summed E-state index contributed by atoms with van der Waals surface area (Å²) < 4.78 is 0. The van der Waals surface area contributed by atoms with Crippen LogP contribution in [0, 0.1) is 0 Å². The van der Waals surface area contributed by atoms with Crippen molar-refractivity contribution >= 4 is 11.5 Å². The summed E-state index contributed by atoms with van der Waals surface area (Å²) in [5.74, 6) is 0.00631. The Morgan fingerprint density at radius 3 is 2.41 bits per heavy atom. The third-order valence-electron chi connectivity index (χ3n) is 2.65. The number of anilines is 1. The highest BCUT2D eigenvalue weighted by Gasteiger charge is 2.04. The zero-order chi connectivity index (χ0) is 12.8. The van der Waals surface area contributed by atoms with Crippen LogP contribution in [0.25, 0.3) is 0 Å². The van der Waals surface area contributed by atoms with Gasteiger partial charge in [0.1, 0.15) is 5.69 Å². The summed E-state index contributed by atoms with van der Waals surface area (Å²) in [5.41, 5.74) is 1.57. The molecule has 0 spiro atoms. The third-order valence-corrected chi connectivity index (χ3v) is 2.65.